The van der Waals surface area contributed by atoms with Crippen LogP contribution in [0, 0.1) is 5.92 Å². The van der Waals surface area contributed by atoms with Crippen LogP contribution in [0.2, 0.25) is 0 Å². The molecule has 0 aromatic heterocycles. The highest BCUT2D eigenvalue weighted by molar-refractivity contribution is 5.48. The molecule has 0 spiro atoms. The minimum Gasteiger partial charge on any atom is -0.493 e. The summed E-state index contributed by atoms with van der Waals surface area (Å²) in [7, 11) is 3.19. The summed E-state index contributed by atoms with van der Waals surface area (Å²) in [6.07, 6.45) is 3.96. The molecule has 0 aliphatic heterocycles. The van der Waals surface area contributed by atoms with E-state index in [2.05, 4.69) is 0 Å². The minimum absolute atomic E-state index is 0.297. The quantitative estimate of drug-likeness (QED) is 0.857. The molecule has 0 radical (unpaired) electrons. The zero-order chi connectivity index (χ0) is 13.8. The second-order valence-electron chi connectivity index (χ2n) is 5.14. The third-order valence-corrected chi connectivity index (χ3v) is 4.04. The number of nitrogens with two attached hydrogens (primary N) is 1. The molecule has 1 aliphatic carbocycles. The number of methoxy groups -OCH3 is 2. The van der Waals surface area contributed by atoms with E-state index in [1.54, 1.807) is 14.2 Å². The van der Waals surface area contributed by atoms with Crippen molar-refractivity contribution in [3.8, 4) is 11.5 Å². The van der Waals surface area contributed by atoms with Gasteiger partial charge in [-0.2, -0.15) is 0 Å². The van der Waals surface area contributed by atoms with E-state index in [9.17, 15) is 5.11 Å². The smallest absolute Gasteiger partial charge is 0.165 e. The molecule has 1 aliphatic rings. The van der Waals surface area contributed by atoms with Crippen molar-refractivity contribution < 1.29 is 14.6 Å². The maximum absolute atomic E-state index is 10.4. The number of ether oxygens (including phenoxy) is 2. The molecule has 106 valence electrons. The lowest BCUT2D eigenvalue weighted by atomic mass is 9.90. The van der Waals surface area contributed by atoms with E-state index in [0.29, 0.717) is 17.4 Å². The van der Waals surface area contributed by atoms with E-state index >= 15 is 0 Å². The maximum Gasteiger partial charge on any atom is 0.165 e. The molecule has 2 rings (SSSR count). The highest BCUT2D eigenvalue weighted by Gasteiger charge is 2.30. The van der Waals surface area contributed by atoms with Gasteiger partial charge in [0.2, 0.25) is 0 Å². The van der Waals surface area contributed by atoms with Crippen molar-refractivity contribution in [2.24, 2.45) is 11.7 Å². The number of benzene rings is 1. The monoisotopic (exact) mass is 265 g/mol. The second-order valence-corrected chi connectivity index (χ2v) is 5.14. The number of aliphatic hydroxyl groups is 1. The van der Waals surface area contributed by atoms with E-state index in [0.717, 1.165) is 18.4 Å². The first-order chi connectivity index (χ1) is 9.19. The summed E-state index contributed by atoms with van der Waals surface area (Å²) in [6, 6.07) is 5.16. The maximum atomic E-state index is 10.4. The summed E-state index contributed by atoms with van der Waals surface area (Å²) in [5.74, 6) is 1.56. The van der Waals surface area contributed by atoms with Crippen molar-refractivity contribution in [3.05, 3.63) is 23.8 Å². The van der Waals surface area contributed by atoms with Crippen LogP contribution in [0.5, 0.6) is 11.5 Å². The van der Waals surface area contributed by atoms with Gasteiger partial charge in [-0.25, -0.2) is 0 Å². The number of hydrogen-bond donors (Lipinski definition) is 2. The van der Waals surface area contributed by atoms with Gasteiger partial charge in [0.25, 0.3) is 0 Å². The average molecular weight is 265 g/mol. The number of rotatable bonds is 5. The van der Waals surface area contributed by atoms with E-state index in [1.807, 2.05) is 18.2 Å². The topological polar surface area (TPSA) is 64.7 Å². The molecule has 19 heavy (non-hydrogen) atoms. The fraction of sp³-hybridized carbons (Fsp3) is 0.600. The molecule has 4 heteroatoms. The van der Waals surface area contributed by atoms with Gasteiger partial charge in [-0.3, -0.25) is 0 Å². The minimum atomic E-state index is -0.525. The number of aliphatic hydroxyl groups excluding tert-OH is 1. The lowest BCUT2D eigenvalue weighted by Crippen LogP contribution is -2.32. The Morgan fingerprint density at radius 3 is 2.47 bits per heavy atom. The van der Waals surface area contributed by atoms with Gasteiger partial charge in [-0.1, -0.05) is 25.0 Å². The van der Waals surface area contributed by atoms with Gasteiger partial charge in [0.1, 0.15) is 0 Å². The van der Waals surface area contributed by atoms with Crippen molar-refractivity contribution in [1.29, 1.82) is 0 Å². The lowest BCUT2D eigenvalue weighted by Gasteiger charge is -2.26. The molecule has 1 aromatic carbocycles. The molecule has 1 fully saturated rings. The van der Waals surface area contributed by atoms with Gasteiger partial charge in [-0.15, -0.1) is 0 Å². The zero-order valence-electron chi connectivity index (χ0n) is 11.6. The van der Waals surface area contributed by atoms with Gasteiger partial charge in [-0.05, 0) is 24.8 Å². The van der Waals surface area contributed by atoms with Gasteiger partial charge in [0.15, 0.2) is 11.5 Å². The van der Waals surface area contributed by atoms with Crippen LogP contribution < -0.4 is 15.2 Å². The Morgan fingerprint density at radius 1 is 1.21 bits per heavy atom. The Hall–Kier alpha value is -1.26. The molecular formula is C15H23NO3. The highest BCUT2D eigenvalue weighted by atomic mass is 16.5. The Labute approximate surface area is 114 Å². The van der Waals surface area contributed by atoms with Crippen LogP contribution in [0.3, 0.4) is 0 Å². The summed E-state index contributed by atoms with van der Waals surface area (Å²) in [5, 5.41) is 10.4. The standard InChI is InChI=1S/C15H23NO3/c1-18-12-9-5-8-11(15(12)19-2)13(16)14(17)10-6-3-4-7-10/h5,8-10,13-14,17H,3-4,6-7,16H2,1-2H3/t13-,14+/m0/s1. The molecule has 0 saturated heterocycles. The fourth-order valence-electron chi connectivity index (χ4n) is 2.95. The summed E-state index contributed by atoms with van der Waals surface area (Å²) in [5.41, 5.74) is 7.04. The molecule has 2 atom stereocenters. The van der Waals surface area contributed by atoms with Crippen LogP contribution in [0.15, 0.2) is 18.2 Å². The fourth-order valence-corrected chi connectivity index (χ4v) is 2.95. The Kier molecular flexibility index (Phi) is 4.66. The van der Waals surface area contributed by atoms with Gasteiger partial charge < -0.3 is 20.3 Å². The molecule has 4 nitrogen and oxygen atoms in total. The molecule has 1 aromatic rings. The molecule has 0 unspecified atom stereocenters. The normalized spacial score (nSPS) is 19.2. The van der Waals surface area contributed by atoms with E-state index < -0.39 is 12.1 Å². The summed E-state index contributed by atoms with van der Waals surface area (Å²) in [4.78, 5) is 0. The number of para-hydroxylation sites is 1. The zero-order valence-corrected chi connectivity index (χ0v) is 11.6. The van der Waals surface area contributed by atoms with E-state index in [1.165, 1.54) is 12.8 Å². The molecular weight excluding hydrogens is 242 g/mol. The molecule has 0 heterocycles. The second kappa shape index (κ2) is 6.26. The van der Waals surface area contributed by atoms with Gasteiger partial charge >= 0.3 is 0 Å². The SMILES string of the molecule is COc1cccc([C@H](N)[C@H](O)C2CCCC2)c1OC. The first-order valence-electron chi connectivity index (χ1n) is 6.83. The lowest BCUT2D eigenvalue weighted by molar-refractivity contribution is 0.0834. The van der Waals surface area contributed by atoms with Crippen molar-refractivity contribution in [3.63, 3.8) is 0 Å². The predicted octanol–water partition coefficient (Wildman–Crippen LogP) is 2.25. The van der Waals surface area contributed by atoms with Crippen molar-refractivity contribution in [1.82, 2.24) is 0 Å². The first kappa shape index (κ1) is 14.2. The van der Waals surface area contributed by atoms with Crippen LogP contribution in [-0.4, -0.2) is 25.4 Å². The van der Waals surface area contributed by atoms with Gasteiger partial charge in [0.05, 0.1) is 26.4 Å². The van der Waals surface area contributed by atoms with Crippen LogP contribution >= 0.6 is 0 Å². The molecule has 0 amide bonds. The van der Waals surface area contributed by atoms with Crippen LogP contribution in [0.25, 0.3) is 0 Å². The molecule has 1 saturated carbocycles. The predicted molar refractivity (Wildman–Crippen MR) is 74.4 cm³/mol. The summed E-state index contributed by atoms with van der Waals surface area (Å²) in [6.45, 7) is 0. The Morgan fingerprint density at radius 2 is 1.89 bits per heavy atom. The summed E-state index contributed by atoms with van der Waals surface area (Å²) < 4.78 is 10.7. The van der Waals surface area contributed by atoms with Crippen molar-refractivity contribution in [2.45, 2.75) is 37.8 Å². The van der Waals surface area contributed by atoms with Crippen LogP contribution in [0.1, 0.15) is 37.3 Å². The highest BCUT2D eigenvalue weighted by Crippen LogP contribution is 2.38. The largest absolute Gasteiger partial charge is 0.493 e. The van der Waals surface area contributed by atoms with Crippen molar-refractivity contribution >= 4 is 0 Å². The number of hydrogen-bond acceptors (Lipinski definition) is 4. The molecule has 0 bridgehead atoms. The Bertz CT molecular complexity index is 416. The third kappa shape index (κ3) is 2.85. The van der Waals surface area contributed by atoms with E-state index in [4.69, 9.17) is 15.2 Å². The average Bonchev–Trinajstić information content (AvgIpc) is 2.98. The first-order valence-corrected chi connectivity index (χ1v) is 6.83. The summed E-state index contributed by atoms with van der Waals surface area (Å²) >= 11 is 0. The van der Waals surface area contributed by atoms with Crippen molar-refractivity contribution in [2.75, 3.05) is 14.2 Å². The Balaban J connectivity index is 2.24. The third-order valence-electron chi connectivity index (χ3n) is 4.04. The van der Waals surface area contributed by atoms with Gasteiger partial charge in [0, 0.05) is 5.56 Å². The van der Waals surface area contributed by atoms with E-state index in [-0.39, 0.29) is 0 Å². The van der Waals surface area contributed by atoms with Crippen LogP contribution in [0.4, 0.5) is 0 Å². The van der Waals surface area contributed by atoms with Crippen LogP contribution in [-0.2, 0) is 0 Å². The molecule has 3 N–H and O–H groups in total.